The highest BCUT2D eigenvalue weighted by molar-refractivity contribution is 7.85. The minimum absolute atomic E-state index is 0.309. The highest BCUT2D eigenvalue weighted by Gasteiger charge is 2.09. The molecule has 0 amide bonds. The predicted molar refractivity (Wildman–Crippen MR) is 58.9 cm³/mol. The quantitative estimate of drug-likeness (QED) is 0.829. The van der Waals surface area contributed by atoms with Crippen molar-refractivity contribution in [3.63, 3.8) is 0 Å². The van der Waals surface area contributed by atoms with Gasteiger partial charge in [-0.25, -0.2) is 0 Å². The first-order chi connectivity index (χ1) is 6.50. The van der Waals surface area contributed by atoms with Gasteiger partial charge in [0.25, 0.3) is 0 Å². The molecule has 0 fully saturated rings. The van der Waals surface area contributed by atoms with E-state index in [0.717, 1.165) is 10.5 Å². The molecule has 1 aromatic carbocycles. The third kappa shape index (κ3) is 2.93. The maximum atomic E-state index is 11.7. The summed E-state index contributed by atoms with van der Waals surface area (Å²) >= 11 is 0. The van der Waals surface area contributed by atoms with Crippen LogP contribution in [0.15, 0.2) is 23.1 Å². The van der Waals surface area contributed by atoms with Crippen molar-refractivity contribution < 1.29 is 9.32 Å². The minimum atomic E-state index is -1.08. The molecule has 0 aliphatic heterocycles. The fourth-order valence-corrected chi connectivity index (χ4v) is 2.62. The zero-order valence-electron chi connectivity index (χ0n) is 8.78. The molecule has 1 rings (SSSR count). The van der Waals surface area contributed by atoms with Gasteiger partial charge in [-0.05, 0) is 32.4 Å². The molecule has 78 valence electrons. The molecule has 0 heterocycles. The maximum absolute atomic E-state index is 11.7. The van der Waals surface area contributed by atoms with Gasteiger partial charge in [0.05, 0.1) is 22.7 Å². The molecule has 0 saturated heterocycles. The first-order valence-electron chi connectivity index (χ1n) is 4.64. The van der Waals surface area contributed by atoms with Gasteiger partial charge in [0.1, 0.15) is 0 Å². The molecule has 0 spiro atoms. The summed E-state index contributed by atoms with van der Waals surface area (Å²) in [6, 6.07) is 5.83. The monoisotopic (exact) mass is 212 g/mol. The predicted octanol–water partition coefficient (Wildman–Crippen LogP) is 1.79. The van der Waals surface area contributed by atoms with E-state index >= 15 is 0 Å². The summed E-state index contributed by atoms with van der Waals surface area (Å²) in [5.41, 5.74) is 2.20. The van der Waals surface area contributed by atoms with Gasteiger partial charge in [-0.2, -0.15) is 0 Å². The molecule has 3 heteroatoms. The maximum Gasteiger partial charge on any atom is 0.0630 e. The Bertz CT molecular complexity index is 345. The fourth-order valence-electron chi connectivity index (χ4n) is 1.36. The molecule has 1 unspecified atom stereocenters. The van der Waals surface area contributed by atoms with Crippen molar-refractivity contribution in [3.05, 3.63) is 29.3 Å². The zero-order valence-corrected chi connectivity index (χ0v) is 9.60. The third-order valence-electron chi connectivity index (χ3n) is 1.97. The summed E-state index contributed by atoms with van der Waals surface area (Å²) < 4.78 is 11.7. The zero-order chi connectivity index (χ0) is 10.7. The number of hydrogen-bond acceptors (Lipinski definition) is 2. The van der Waals surface area contributed by atoms with Crippen molar-refractivity contribution in [2.75, 3.05) is 5.75 Å². The molecule has 1 N–H and O–H groups in total. The Hall–Kier alpha value is -0.670. The van der Waals surface area contributed by atoms with Gasteiger partial charge in [-0.3, -0.25) is 4.21 Å². The molecule has 0 saturated carbocycles. The van der Waals surface area contributed by atoms with Crippen LogP contribution in [0.5, 0.6) is 0 Å². The Morgan fingerprint density at radius 2 is 2.07 bits per heavy atom. The van der Waals surface area contributed by atoms with E-state index in [4.69, 9.17) is 5.11 Å². The standard InChI is InChI=1S/C11H16O2S/c1-8-4-5-11(9(2)6-8)14(13)7-10(3)12/h4-6,10,12H,7H2,1-3H3/t10-,14?/m0/s1. The first-order valence-corrected chi connectivity index (χ1v) is 5.96. The van der Waals surface area contributed by atoms with E-state index in [1.807, 2.05) is 32.0 Å². The number of aliphatic hydroxyl groups is 1. The van der Waals surface area contributed by atoms with Crippen molar-refractivity contribution in [1.82, 2.24) is 0 Å². The second-order valence-electron chi connectivity index (χ2n) is 3.63. The molecule has 14 heavy (non-hydrogen) atoms. The Balaban J connectivity index is 2.90. The van der Waals surface area contributed by atoms with Crippen molar-refractivity contribution in [3.8, 4) is 0 Å². The minimum Gasteiger partial charge on any atom is -0.392 e. The van der Waals surface area contributed by atoms with Crippen LogP contribution >= 0.6 is 0 Å². The summed E-state index contributed by atoms with van der Waals surface area (Å²) in [5, 5.41) is 9.14. The Morgan fingerprint density at radius 3 is 2.57 bits per heavy atom. The van der Waals surface area contributed by atoms with E-state index in [0.29, 0.717) is 5.75 Å². The van der Waals surface area contributed by atoms with Crippen LogP contribution in [0.2, 0.25) is 0 Å². The highest BCUT2D eigenvalue weighted by atomic mass is 32.2. The normalized spacial score (nSPS) is 15.1. The lowest BCUT2D eigenvalue weighted by Gasteiger charge is -2.08. The average Bonchev–Trinajstić information content (AvgIpc) is 2.01. The summed E-state index contributed by atoms with van der Waals surface area (Å²) in [5.74, 6) is 0.309. The van der Waals surface area contributed by atoms with Crippen molar-refractivity contribution in [2.45, 2.75) is 31.8 Å². The molecular formula is C11H16O2S. The number of aryl methyl sites for hydroxylation is 2. The van der Waals surface area contributed by atoms with Crippen LogP contribution in [0, 0.1) is 13.8 Å². The van der Waals surface area contributed by atoms with Crippen LogP contribution < -0.4 is 0 Å². The molecule has 1 aromatic rings. The summed E-state index contributed by atoms with van der Waals surface area (Å²) in [6.45, 7) is 5.61. The number of benzene rings is 1. The van der Waals surface area contributed by atoms with Gasteiger partial charge < -0.3 is 5.11 Å². The van der Waals surface area contributed by atoms with Gasteiger partial charge in [0, 0.05) is 4.90 Å². The number of rotatable bonds is 3. The largest absolute Gasteiger partial charge is 0.392 e. The van der Waals surface area contributed by atoms with Crippen LogP contribution in [0.1, 0.15) is 18.1 Å². The lowest BCUT2D eigenvalue weighted by molar-refractivity contribution is 0.219. The van der Waals surface area contributed by atoms with E-state index < -0.39 is 16.9 Å². The van der Waals surface area contributed by atoms with E-state index in [1.165, 1.54) is 5.56 Å². The van der Waals surface area contributed by atoms with E-state index in [1.54, 1.807) is 6.92 Å². The highest BCUT2D eigenvalue weighted by Crippen LogP contribution is 2.15. The molecule has 2 atom stereocenters. The van der Waals surface area contributed by atoms with Crippen molar-refractivity contribution in [1.29, 1.82) is 0 Å². The lowest BCUT2D eigenvalue weighted by Crippen LogP contribution is -2.13. The molecular weight excluding hydrogens is 196 g/mol. The Kier molecular flexibility index (Phi) is 3.84. The summed E-state index contributed by atoms with van der Waals surface area (Å²) in [7, 11) is -1.08. The second kappa shape index (κ2) is 4.71. The fraction of sp³-hybridized carbons (Fsp3) is 0.455. The van der Waals surface area contributed by atoms with Gasteiger partial charge in [0.2, 0.25) is 0 Å². The molecule has 0 aliphatic carbocycles. The lowest BCUT2D eigenvalue weighted by atomic mass is 10.2. The molecule has 2 nitrogen and oxygen atoms in total. The topological polar surface area (TPSA) is 37.3 Å². The van der Waals surface area contributed by atoms with Crippen LogP contribution in [-0.2, 0) is 10.8 Å². The smallest absolute Gasteiger partial charge is 0.0630 e. The van der Waals surface area contributed by atoms with E-state index in [2.05, 4.69) is 0 Å². The van der Waals surface area contributed by atoms with Gasteiger partial charge in [0.15, 0.2) is 0 Å². The van der Waals surface area contributed by atoms with Crippen LogP contribution in [-0.4, -0.2) is 21.2 Å². The Labute approximate surface area is 87.4 Å². The van der Waals surface area contributed by atoms with Gasteiger partial charge in [-0.1, -0.05) is 17.7 Å². The summed E-state index contributed by atoms with van der Waals surface area (Å²) in [4.78, 5) is 0.830. The molecule has 0 aliphatic rings. The van der Waals surface area contributed by atoms with Crippen molar-refractivity contribution >= 4 is 10.8 Å². The Morgan fingerprint density at radius 1 is 1.43 bits per heavy atom. The second-order valence-corrected chi connectivity index (χ2v) is 5.09. The SMILES string of the molecule is Cc1ccc(S(=O)C[C@H](C)O)c(C)c1. The van der Waals surface area contributed by atoms with Crippen LogP contribution in [0.25, 0.3) is 0 Å². The van der Waals surface area contributed by atoms with E-state index in [-0.39, 0.29) is 0 Å². The molecule has 0 aromatic heterocycles. The summed E-state index contributed by atoms with van der Waals surface area (Å²) in [6.07, 6.45) is -0.517. The van der Waals surface area contributed by atoms with Gasteiger partial charge in [-0.15, -0.1) is 0 Å². The van der Waals surface area contributed by atoms with E-state index in [9.17, 15) is 4.21 Å². The molecule has 0 bridgehead atoms. The van der Waals surface area contributed by atoms with Crippen LogP contribution in [0.3, 0.4) is 0 Å². The number of aliphatic hydroxyl groups excluding tert-OH is 1. The third-order valence-corrected chi connectivity index (χ3v) is 3.70. The first kappa shape index (κ1) is 11.4. The van der Waals surface area contributed by atoms with Crippen molar-refractivity contribution in [2.24, 2.45) is 0 Å². The number of hydrogen-bond donors (Lipinski definition) is 1. The van der Waals surface area contributed by atoms with Gasteiger partial charge >= 0.3 is 0 Å². The molecule has 0 radical (unpaired) electrons. The van der Waals surface area contributed by atoms with Crippen LogP contribution in [0.4, 0.5) is 0 Å². The average molecular weight is 212 g/mol.